The molecule has 1 fully saturated rings. The molecule has 2 N–H and O–H groups in total. The maximum absolute atomic E-state index is 11.8. The predicted octanol–water partition coefficient (Wildman–Crippen LogP) is 4.53. The van der Waals surface area contributed by atoms with Gasteiger partial charge in [-0.1, -0.05) is 32.0 Å². The van der Waals surface area contributed by atoms with Gasteiger partial charge in [-0.2, -0.15) is 0 Å². The summed E-state index contributed by atoms with van der Waals surface area (Å²) in [5.41, 5.74) is 2.48. The quantitative estimate of drug-likeness (QED) is 0.631. The topological polar surface area (TPSA) is 89.8 Å². The van der Waals surface area contributed by atoms with Crippen LogP contribution in [-0.2, 0) is 0 Å². The Morgan fingerprint density at radius 3 is 2.71 bits per heavy atom. The number of amides is 1. The van der Waals surface area contributed by atoms with Crippen molar-refractivity contribution in [2.75, 3.05) is 24.5 Å². The van der Waals surface area contributed by atoms with Crippen LogP contribution in [0.1, 0.15) is 25.8 Å². The molecule has 7 nitrogen and oxygen atoms in total. The third-order valence-corrected chi connectivity index (χ3v) is 5.69. The lowest BCUT2D eigenvalue weighted by atomic mass is 10.1. The molecule has 31 heavy (non-hydrogen) atoms. The number of hydrogen-bond donors (Lipinski definition) is 2. The molecule has 2 heterocycles. The van der Waals surface area contributed by atoms with Gasteiger partial charge in [0.15, 0.2) is 5.82 Å². The van der Waals surface area contributed by atoms with Gasteiger partial charge in [0.25, 0.3) is 0 Å². The predicted molar refractivity (Wildman–Crippen MR) is 122 cm³/mol. The van der Waals surface area contributed by atoms with Crippen molar-refractivity contribution in [1.29, 1.82) is 0 Å². The van der Waals surface area contributed by atoms with Crippen LogP contribution < -0.4 is 4.90 Å². The molecule has 3 aromatic rings. The first-order valence-corrected chi connectivity index (χ1v) is 10.6. The second kappa shape index (κ2) is 8.41. The number of carboxylic acid groups (broad SMARTS) is 1. The number of phenols is 1. The molecule has 0 bridgehead atoms. The Kier molecular flexibility index (Phi) is 5.67. The van der Waals surface area contributed by atoms with E-state index < -0.39 is 6.09 Å². The minimum atomic E-state index is -0.876. The second-order valence-corrected chi connectivity index (χ2v) is 8.63. The summed E-state index contributed by atoms with van der Waals surface area (Å²) in [6.45, 7) is 7.89. The number of aromatic hydroxyl groups is 1. The van der Waals surface area contributed by atoms with Gasteiger partial charge in [0.2, 0.25) is 0 Å². The summed E-state index contributed by atoms with van der Waals surface area (Å²) in [5.74, 6) is 1.64. The molecule has 7 heteroatoms. The van der Waals surface area contributed by atoms with Crippen LogP contribution in [0.3, 0.4) is 0 Å². The van der Waals surface area contributed by atoms with E-state index in [-0.39, 0.29) is 17.7 Å². The van der Waals surface area contributed by atoms with E-state index in [2.05, 4.69) is 4.90 Å². The Morgan fingerprint density at radius 1 is 1.23 bits per heavy atom. The molecule has 0 saturated carbocycles. The average molecular weight is 421 g/mol. The molecule has 1 aromatic heterocycles. The molecule has 0 aliphatic carbocycles. The van der Waals surface area contributed by atoms with Crippen molar-refractivity contribution in [2.24, 2.45) is 5.92 Å². The number of benzene rings is 2. The van der Waals surface area contributed by atoms with Gasteiger partial charge in [-0.15, -0.1) is 0 Å². The van der Waals surface area contributed by atoms with Crippen LogP contribution in [0.5, 0.6) is 5.75 Å². The molecular weight excluding hydrogens is 392 g/mol. The monoisotopic (exact) mass is 420 g/mol. The van der Waals surface area contributed by atoms with Crippen molar-refractivity contribution >= 4 is 22.8 Å². The maximum atomic E-state index is 11.8. The van der Waals surface area contributed by atoms with Crippen LogP contribution >= 0.6 is 0 Å². The van der Waals surface area contributed by atoms with E-state index in [0.717, 1.165) is 28.7 Å². The average Bonchev–Trinajstić information content (AvgIpc) is 3.20. The third-order valence-electron chi connectivity index (χ3n) is 5.69. The van der Waals surface area contributed by atoms with Crippen molar-refractivity contribution in [1.82, 2.24) is 14.9 Å². The van der Waals surface area contributed by atoms with E-state index in [1.54, 1.807) is 23.1 Å². The first kappa shape index (κ1) is 20.9. The molecule has 1 saturated heterocycles. The normalized spacial score (nSPS) is 16.3. The van der Waals surface area contributed by atoms with Crippen LogP contribution in [0.25, 0.3) is 22.3 Å². The van der Waals surface area contributed by atoms with Gasteiger partial charge in [0.05, 0.1) is 17.1 Å². The van der Waals surface area contributed by atoms with E-state index in [9.17, 15) is 15.0 Å². The van der Waals surface area contributed by atoms with Crippen molar-refractivity contribution < 1.29 is 15.0 Å². The number of aromatic nitrogens is 2. The first-order chi connectivity index (χ1) is 14.8. The number of rotatable bonds is 5. The molecule has 162 valence electrons. The molecule has 2 aromatic carbocycles. The summed E-state index contributed by atoms with van der Waals surface area (Å²) in [4.78, 5) is 25.1. The van der Waals surface area contributed by atoms with Crippen molar-refractivity contribution in [2.45, 2.75) is 33.2 Å². The highest BCUT2D eigenvalue weighted by atomic mass is 16.4. The highest BCUT2D eigenvalue weighted by molar-refractivity contribution is 5.92. The fourth-order valence-electron chi connectivity index (χ4n) is 4.21. The molecule has 1 aliphatic heterocycles. The van der Waals surface area contributed by atoms with Crippen LogP contribution in [0.2, 0.25) is 0 Å². The molecule has 1 atom stereocenters. The van der Waals surface area contributed by atoms with Crippen molar-refractivity contribution in [3.8, 4) is 17.1 Å². The Bertz CT molecular complexity index is 1120. The lowest BCUT2D eigenvalue weighted by Crippen LogP contribution is -2.43. The largest absolute Gasteiger partial charge is 0.507 e. The SMILES string of the molecule is Cc1ccc2c(N3CC[C@@H](N(CC(C)C)C(=O)O)C3)nc(-c3ccccc3O)nc2c1. The Labute approximate surface area is 182 Å². The number of phenolic OH excluding ortho intramolecular Hbond substituents is 1. The highest BCUT2D eigenvalue weighted by Gasteiger charge is 2.32. The first-order valence-electron chi connectivity index (χ1n) is 10.6. The van der Waals surface area contributed by atoms with Gasteiger partial charge in [0.1, 0.15) is 11.6 Å². The number of hydrogen-bond acceptors (Lipinski definition) is 5. The van der Waals surface area contributed by atoms with E-state index in [1.807, 2.05) is 45.0 Å². The summed E-state index contributed by atoms with van der Waals surface area (Å²) < 4.78 is 0. The van der Waals surface area contributed by atoms with Gasteiger partial charge in [-0.05, 0) is 49.1 Å². The Balaban J connectivity index is 1.75. The van der Waals surface area contributed by atoms with Gasteiger partial charge in [0, 0.05) is 25.0 Å². The zero-order valence-electron chi connectivity index (χ0n) is 18.1. The van der Waals surface area contributed by atoms with Crippen LogP contribution in [0.4, 0.5) is 10.6 Å². The number of aryl methyl sites for hydroxylation is 1. The number of fused-ring (bicyclic) bond motifs is 1. The molecule has 0 unspecified atom stereocenters. The Morgan fingerprint density at radius 2 is 2.00 bits per heavy atom. The van der Waals surface area contributed by atoms with E-state index >= 15 is 0 Å². The molecular formula is C24H28N4O3. The number of carbonyl (C=O) groups is 1. The van der Waals surface area contributed by atoms with E-state index in [4.69, 9.17) is 9.97 Å². The smallest absolute Gasteiger partial charge is 0.407 e. The lowest BCUT2D eigenvalue weighted by molar-refractivity contribution is 0.121. The molecule has 4 rings (SSSR count). The van der Waals surface area contributed by atoms with E-state index in [1.165, 1.54) is 0 Å². The minimum Gasteiger partial charge on any atom is -0.507 e. The summed E-state index contributed by atoms with van der Waals surface area (Å²) in [5, 5.41) is 21.0. The number of nitrogens with zero attached hydrogens (tertiary/aromatic N) is 4. The van der Waals surface area contributed by atoms with Gasteiger partial charge in [-0.3, -0.25) is 0 Å². The summed E-state index contributed by atoms with van der Waals surface area (Å²) in [6, 6.07) is 13.0. The molecule has 1 aliphatic rings. The van der Waals surface area contributed by atoms with Gasteiger partial charge < -0.3 is 20.0 Å². The van der Waals surface area contributed by atoms with E-state index in [0.29, 0.717) is 31.0 Å². The number of para-hydroxylation sites is 1. The zero-order chi connectivity index (χ0) is 22.1. The van der Waals surface area contributed by atoms with Crippen molar-refractivity contribution in [3.63, 3.8) is 0 Å². The van der Waals surface area contributed by atoms with Crippen molar-refractivity contribution in [3.05, 3.63) is 48.0 Å². The Hall–Kier alpha value is -3.35. The minimum absolute atomic E-state index is 0.0797. The third kappa shape index (κ3) is 4.26. The highest BCUT2D eigenvalue weighted by Crippen LogP contribution is 2.33. The van der Waals surface area contributed by atoms with Crippen LogP contribution in [-0.4, -0.2) is 56.9 Å². The van der Waals surface area contributed by atoms with Crippen LogP contribution in [0.15, 0.2) is 42.5 Å². The second-order valence-electron chi connectivity index (χ2n) is 8.63. The summed E-state index contributed by atoms with van der Waals surface area (Å²) >= 11 is 0. The van der Waals surface area contributed by atoms with Crippen LogP contribution in [0, 0.1) is 12.8 Å². The fraction of sp³-hybridized carbons (Fsp3) is 0.375. The standard InChI is InChI=1S/C24H28N4O3/c1-15(2)13-28(24(30)31)17-10-11-27(14-17)23-18-9-8-16(3)12-20(18)25-22(26-23)19-6-4-5-7-21(19)29/h4-9,12,15,17,29H,10-11,13-14H2,1-3H3,(H,30,31)/t17-/m1/s1. The van der Waals surface area contributed by atoms with Gasteiger partial charge >= 0.3 is 6.09 Å². The fourth-order valence-corrected chi connectivity index (χ4v) is 4.21. The molecule has 0 spiro atoms. The maximum Gasteiger partial charge on any atom is 0.407 e. The zero-order valence-corrected chi connectivity index (χ0v) is 18.1. The molecule has 0 radical (unpaired) electrons. The summed E-state index contributed by atoms with van der Waals surface area (Å²) in [7, 11) is 0. The number of anilines is 1. The molecule has 1 amide bonds. The lowest BCUT2D eigenvalue weighted by Gasteiger charge is -2.28. The summed E-state index contributed by atoms with van der Waals surface area (Å²) in [6.07, 6.45) is -0.124. The van der Waals surface area contributed by atoms with Gasteiger partial charge in [-0.25, -0.2) is 14.8 Å².